The van der Waals surface area contributed by atoms with E-state index in [4.69, 9.17) is 9.47 Å². The summed E-state index contributed by atoms with van der Waals surface area (Å²) in [6.45, 7) is 11.9. The molecule has 4 aliphatic rings. The third-order valence-corrected chi connectivity index (χ3v) is 7.96. The molecule has 0 aromatic heterocycles. The number of hydrogen-bond donors (Lipinski definition) is 0. The van der Waals surface area contributed by atoms with E-state index in [-0.39, 0.29) is 46.9 Å². The Labute approximate surface area is 191 Å². The van der Waals surface area contributed by atoms with Crippen LogP contribution in [-0.4, -0.2) is 72.2 Å². The molecule has 4 saturated heterocycles. The van der Waals surface area contributed by atoms with Crippen molar-refractivity contribution in [3.05, 3.63) is 35.4 Å². The molecule has 0 saturated carbocycles. The lowest BCUT2D eigenvalue weighted by molar-refractivity contribution is -0.0962. The standard InChI is InChI=1S/C26H36N2O4/c1-25(2)15-27(21(25)19-7-5-13-31-19)23(29)17-9-11-18(12-10-17)24(30)28-16-26(3,4)22(28)20-8-6-14-32-20/h9-12,19-22H,5-8,13-16H2,1-4H3. The van der Waals surface area contributed by atoms with Gasteiger partial charge in [-0.1, -0.05) is 27.7 Å². The van der Waals surface area contributed by atoms with E-state index in [0.717, 1.165) is 52.0 Å². The lowest BCUT2D eigenvalue weighted by Crippen LogP contribution is -2.68. The lowest BCUT2D eigenvalue weighted by atomic mass is 9.71. The zero-order valence-corrected chi connectivity index (χ0v) is 19.8. The number of ether oxygens (including phenoxy) is 2. The van der Waals surface area contributed by atoms with E-state index in [0.29, 0.717) is 11.1 Å². The van der Waals surface area contributed by atoms with Crippen molar-refractivity contribution >= 4 is 11.8 Å². The van der Waals surface area contributed by atoms with Gasteiger partial charge in [-0.15, -0.1) is 0 Å². The molecule has 0 radical (unpaired) electrons. The van der Waals surface area contributed by atoms with Crippen molar-refractivity contribution < 1.29 is 19.1 Å². The molecule has 1 aromatic carbocycles. The fourth-order valence-electron chi connectivity index (χ4n) is 6.47. The normalized spacial score (nSPS) is 33.0. The Balaban J connectivity index is 1.28. The summed E-state index contributed by atoms with van der Waals surface area (Å²) >= 11 is 0. The van der Waals surface area contributed by atoms with Crippen LogP contribution in [0.4, 0.5) is 0 Å². The second-order valence-corrected chi connectivity index (χ2v) is 11.4. The van der Waals surface area contributed by atoms with Crippen LogP contribution in [0.2, 0.25) is 0 Å². The highest BCUT2D eigenvalue weighted by Crippen LogP contribution is 2.44. The van der Waals surface area contributed by atoms with Gasteiger partial charge in [0.1, 0.15) is 0 Å². The summed E-state index contributed by atoms with van der Waals surface area (Å²) in [6.07, 6.45) is 4.43. The second kappa shape index (κ2) is 7.84. The van der Waals surface area contributed by atoms with Gasteiger partial charge in [-0.2, -0.15) is 0 Å². The van der Waals surface area contributed by atoms with Gasteiger partial charge in [0.15, 0.2) is 0 Å². The van der Waals surface area contributed by atoms with Crippen molar-refractivity contribution in [2.45, 2.75) is 77.7 Å². The van der Waals surface area contributed by atoms with Crippen molar-refractivity contribution in [3.8, 4) is 0 Å². The number of carbonyl (C=O) groups excluding carboxylic acids is 2. The Kier molecular flexibility index (Phi) is 5.37. The molecule has 0 bridgehead atoms. The Morgan fingerprint density at radius 2 is 1.12 bits per heavy atom. The molecule has 6 heteroatoms. The molecule has 32 heavy (non-hydrogen) atoms. The van der Waals surface area contributed by atoms with Crippen molar-refractivity contribution in [1.82, 2.24) is 9.80 Å². The van der Waals surface area contributed by atoms with Gasteiger partial charge in [0.2, 0.25) is 0 Å². The van der Waals surface area contributed by atoms with Crippen LogP contribution in [0.15, 0.2) is 24.3 Å². The summed E-state index contributed by atoms with van der Waals surface area (Å²) in [5.74, 6) is 0.0669. The van der Waals surface area contributed by atoms with E-state index in [1.165, 1.54) is 0 Å². The SMILES string of the molecule is CC1(C)CN(C(=O)c2ccc(C(=O)N3CC(C)(C)C3C3CCCO3)cc2)C1C1CCCO1. The monoisotopic (exact) mass is 440 g/mol. The summed E-state index contributed by atoms with van der Waals surface area (Å²) in [6, 6.07) is 7.46. The fourth-order valence-corrected chi connectivity index (χ4v) is 6.47. The molecule has 5 rings (SSSR count). The van der Waals surface area contributed by atoms with Crippen LogP contribution < -0.4 is 0 Å². The molecule has 174 valence electrons. The first-order valence-electron chi connectivity index (χ1n) is 12.1. The zero-order chi connectivity index (χ0) is 22.7. The first-order valence-corrected chi connectivity index (χ1v) is 12.1. The molecule has 4 fully saturated rings. The van der Waals surface area contributed by atoms with Gasteiger partial charge in [0.05, 0.1) is 24.3 Å². The highest BCUT2D eigenvalue weighted by Gasteiger charge is 2.54. The Bertz CT molecular complexity index is 809. The van der Waals surface area contributed by atoms with Crippen LogP contribution in [-0.2, 0) is 9.47 Å². The van der Waals surface area contributed by atoms with E-state index < -0.39 is 0 Å². The first kappa shape index (κ1) is 21.9. The fraction of sp³-hybridized carbons (Fsp3) is 0.692. The van der Waals surface area contributed by atoms with Crippen molar-refractivity contribution in [3.63, 3.8) is 0 Å². The Morgan fingerprint density at radius 3 is 1.41 bits per heavy atom. The molecule has 4 unspecified atom stereocenters. The van der Waals surface area contributed by atoms with E-state index in [2.05, 4.69) is 27.7 Å². The maximum atomic E-state index is 13.2. The minimum atomic E-state index is 0.0335. The number of amides is 2. The van der Waals surface area contributed by atoms with E-state index in [9.17, 15) is 9.59 Å². The van der Waals surface area contributed by atoms with Crippen molar-refractivity contribution in [1.29, 1.82) is 0 Å². The van der Waals surface area contributed by atoms with E-state index >= 15 is 0 Å². The number of hydrogen-bond acceptors (Lipinski definition) is 4. The molecule has 2 amide bonds. The first-order chi connectivity index (χ1) is 15.2. The quantitative estimate of drug-likeness (QED) is 0.716. The number of carbonyl (C=O) groups is 2. The average Bonchev–Trinajstić information content (AvgIpc) is 3.44. The lowest BCUT2D eigenvalue weighted by Gasteiger charge is -2.56. The van der Waals surface area contributed by atoms with E-state index in [1.54, 1.807) is 24.3 Å². The summed E-state index contributed by atoms with van der Waals surface area (Å²) in [4.78, 5) is 30.4. The Morgan fingerprint density at radius 1 is 0.750 bits per heavy atom. The highest BCUT2D eigenvalue weighted by atomic mass is 16.5. The molecule has 4 heterocycles. The van der Waals surface area contributed by atoms with Gasteiger partial charge in [-0.3, -0.25) is 9.59 Å². The van der Waals surface area contributed by atoms with Gasteiger partial charge in [-0.05, 0) is 49.9 Å². The number of nitrogens with zero attached hydrogens (tertiary/aromatic N) is 2. The number of rotatable bonds is 4. The summed E-state index contributed by atoms with van der Waals surface area (Å²) in [5, 5.41) is 0. The third kappa shape index (κ3) is 3.56. The number of likely N-dealkylation sites (tertiary alicyclic amines) is 2. The summed E-state index contributed by atoms with van der Waals surface area (Å²) in [7, 11) is 0. The van der Waals surface area contributed by atoms with Gasteiger partial charge < -0.3 is 19.3 Å². The van der Waals surface area contributed by atoms with Crippen molar-refractivity contribution in [2.24, 2.45) is 10.8 Å². The van der Waals surface area contributed by atoms with Gasteiger partial charge in [0, 0.05) is 48.3 Å². The second-order valence-electron chi connectivity index (χ2n) is 11.4. The molecule has 6 nitrogen and oxygen atoms in total. The van der Waals surface area contributed by atoms with Gasteiger partial charge in [-0.25, -0.2) is 0 Å². The smallest absolute Gasteiger partial charge is 0.254 e. The molecule has 0 aliphatic carbocycles. The minimum Gasteiger partial charge on any atom is -0.376 e. The van der Waals surface area contributed by atoms with Crippen LogP contribution in [0.25, 0.3) is 0 Å². The molecule has 4 atom stereocenters. The highest BCUT2D eigenvalue weighted by molar-refractivity contribution is 5.98. The minimum absolute atomic E-state index is 0.0335. The summed E-state index contributed by atoms with van der Waals surface area (Å²) in [5.41, 5.74) is 1.42. The Hall–Kier alpha value is -1.92. The predicted molar refractivity (Wildman–Crippen MR) is 122 cm³/mol. The van der Waals surface area contributed by atoms with Crippen LogP contribution >= 0.6 is 0 Å². The maximum absolute atomic E-state index is 13.2. The zero-order valence-electron chi connectivity index (χ0n) is 19.8. The molecule has 0 spiro atoms. The van der Waals surface area contributed by atoms with Crippen LogP contribution in [0, 0.1) is 10.8 Å². The van der Waals surface area contributed by atoms with Crippen LogP contribution in [0.5, 0.6) is 0 Å². The van der Waals surface area contributed by atoms with Crippen LogP contribution in [0.3, 0.4) is 0 Å². The third-order valence-electron chi connectivity index (χ3n) is 7.96. The topological polar surface area (TPSA) is 59.1 Å². The number of benzene rings is 1. The largest absolute Gasteiger partial charge is 0.376 e. The predicted octanol–water partition coefficient (Wildman–Crippen LogP) is 3.75. The molecule has 0 N–H and O–H groups in total. The van der Waals surface area contributed by atoms with Crippen LogP contribution in [0.1, 0.15) is 74.1 Å². The molecule has 1 aromatic rings. The summed E-state index contributed by atoms with van der Waals surface area (Å²) < 4.78 is 11.8. The van der Waals surface area contributed by atoms with Gasteiger partial charge >= 0.3 is 0 Å². The molecular formula is C26H36N2O4. The average molecular weight is 441 g/mol. The van der Waals surface area contributed by atoms with E-state index in [1.807, 2.05) is 9.80 Å². The van der Waals surface area contributed by atoms with Gasteiger partial charge in [0.25, 0.3) is 11.8 Å². The van der Waals surface area contributed by atoms with Crippen molar-refractivity contribution in [2.75, 3.05) is 26.3 Å². The maximum Gasteiger partial charge on any atom is 0.254 e. The molecular weight excluding hydrogens is 404 g/mol. The molecule has 4 aliphatic heterocycles.